The predicted octanol–water partition coefficient (Wildman–Crippen LogP) is 3.09. The third-order valence-electron chi connectivity index (χ3n) is 2.64. The van der Waals surface area contributed by atoms with Crippen molar-refractivity contribution in [3.8, 4) is 0 Å². The predicted molar refractivity (Wildman–Crippen MR) is 65.9 cm³/mol. The van der Waals surface area contributed by atoms with Crippen LogP contribution in [0.25, 0.3) is 0 Å². The van der Waals surface area contributed by atoms with Gasteiger partial charge in [0.2, 0.25) is 0 Å². The summed E-state index contributed by atoms with van der Waals surface area (Å²) < 4.78 is 0. The number of nitrogens with one attached hydrogen (secondary N) is 1. The Morgan fingerprint density at radius 3 is 2.50 bits per heavy atom. The van der Waals surface area contributed by atoms with Gasteiger partial charge in [0.1, 0.15) is 0 Å². The van der Waals surface area contributed by atoms with Crippen LogP contribution in [0.5, 0.6) is 0 Å². The summed E-state index contributed by atoms with van der Waals surface area (Å²) in [5, 5.41) is 12.2. The normalized spacial score (nSPS) is 12.1. The molecular formula is C13H19NO2. The molecule has 0 saturated heterocycles. The Balaban J connectivity index is 2.57. The number of rotatable bonds is 6. The lowest BCUT2D eigenvalue weighted by Gasteiger charge is -2.09. The molecule has 88 valence electrons. The van der Waals surface area contributed by atoms with Gasteiger partial charge in [-0.3, -0.25) is 4.79 Å². The standard InChI is InChI=1S/C13H19NO2/c1-3-4-9-14-12-7-5-11(6-8-12)10(2)13(15)16/h5-8,10,14H,3-4,9H2,1-2H3,(H,15,16). The van der Waals surface area contributed by atoms with Gasteiger partial charge in [-0.25, -0.2) is 0 Å². The Morgan fingerprint density at radius 1 is 1.38 bits per heavy atom. The Kier molecular flexibility index (Phi) is 4.83. The van der Waals surface area contributed by atoms with E-state index in [9.17, 15) is 4.79 Å². The van der Waals surface area contributed by atoms with Crippen LogP contribution in [0, 0.1) is 0 Å². The zero-order chi connectivity index (χ0) is 12.0. The largest absolute Gasteiger partial charge is 0.481 e. The number of anilines is 1. The molecule has 0 aromatic heterocycles. The average molecular weight is 221 g/mol. The number of aliphatic carboxylic acids is 1. The first-order chi connectivity index (χ1) is 7.65. The molecule has 0 bridgehead atoms. The highest BCUT2D eigenvalue weighted by atomic mass is 16.4. The number of hydrogen-bond donors (Lipinski definition) is 2. The molecule has 1 aromatic carbocycles. The summed E-state index contributed by atoms with van der Waals surface area (Å²) in [6.07, 6.45) is 2.31. The second kappa shape index (κ2) is 6.16. The van der Waals surface area contributed by atoms with E-state index in [4.69, 9.17) is 5.11 Å². The summed E-state index contributed by atoms with van der Waals surface area (Å²) in [6, 6.07) is 7.61. The minimum absolute atomic E-state index is 0.440. The number of benzene rings is 1. The van der Waals surface area contributed by atoms with Crippen molar-refractivity contribution in [2.24, 2.45) is 0 Å². The first-order valence-corrected chi connectivity index (χ1v) is 5.71. The van der Waals surface area contributed by atoms with Crippen molar-refractivity contribution >= 4 is 11.7 Å². The van der Waals surface area contributed by atoms with Gasteiger partial charge < -0.3 is 10.4 Å². The quantitative estimate of drug-likeness (QED) is 0.726. The summed E-state index contributed by atoms with van der Waals surface area (Å²) >= 11 is 0. The fraction of sp³-hybridized carbons (Fsp3) is 0.462. The number of carboxylic acid groups (broad SMARTS) is 1. The van der Waals surface area contributed by atoms with Crippen LogP contribution in [-0.2, 0) is 4.79 Å². The summed E-state index contributed by atoms with van der Waals surface area (Å²) in [7, 11) is 0. The molecule has 1 atom stereocenters. The van der Waals surface area contributed by atoms with Crippen molar-refractivity contribution < 1.29 is 9.90 Å². The fourth-order valence-electron chi connectivity index (χ4n) is 1.44. The molecule has 0 spiro atoms. The van der Waals surface area contributed by atoms with Crippen molar-refractivity contribution in [1.82, 2.24) is 0 Å². The molecule has 0 fully saturated rings. The number of unbranched alkanes of at least 4 members (excludes halogenated alkanes) is 1. The van der Waals surface area contributed by atoms with Crippen LogP contribution in [-0.4, -0.2) is 17.6 Å². The fourth-order valence-corrected chi connectivity index (χ4v) is 1.44. The molecule has 0 aliphatic rings. The van der Waals surface area contributed by atoms with Crippen molar-refractivity contribution in [3.05, 3.63) is 29.8 Å². The van der Waals surface area contributed by atoms with E-state index in [1.54, 1.807) is 6.92 Å². The zero-order valence-electron chi connectivity index (χ0n) is 9.86. The second-order valence-corrected chi connectivity index (χ2v) is 3.96. The molecular weight excluding hydrogens is 202 g/mol. The van der Waals surface area contributed by atoms with E-state index in [-0.39, 0.29) is 0 Å². The topological polar surface area (TPSA) is 49.3 Å². The lowest BCUT2D eigenvalue weighted by atomic mass is 10.0. The minimum Gasteiger partial charge on any atom is -0.481 e. The van der Waals surface area contributed by atoms with Gasteiger partial charge in [-0.1, -0.05) is 25.5 Å². The van der Waals surface area contributed by atoms with Gasteiger partial charge in [-0.05, 0) is 31.0 Å². The van der Waals surface area contributed by atoms with Crippen molar-refractivity contribution in [2.45, 2.75) is 32.6 Å². The smallest absolute Gasteiger partial charge is 0.310 e. The van der Waals surface area contributed by atoms with Gasteiger partial charge in [0.05, 0.1) is 5.92 Å². The molecule has 2 N–H and O–H groups in total. The maximum Gasteiger partial charge on any atom is 0.310 e. The highest BCUT2D eigenvalue weighted by Crippen LogP contribution is 2.18. The molecule has 1 unspecified atom stereocenters. The summed E-state index contributed by atoms with van der Waals surface area (Å²) in [6.45, 7) is 4.81. The molecule has 3 nitrogen and oxygen atoms in total. The van der Waals surface area contributed by atoms with E-state index >= 15 is 0 Å². The number of carboxylic acids is 1. The van der Waals surface area contributed by atoms with E-state index < -0.39 is 11.9 Å². The maximum atomic E-state index is 10.8. The molecule has 0 aliphatic heterocycles. The van der Waals surface area contributed by atoms with Crippen molar-refractivity contribution in [2.75, 3.05) is 11.9 Å². The number of carbonyl (C=O) groups is 1. The Morgan fingerprint density at radius 2 is 2.00 bits per heavy atom. The van der Waals surface area contributed by atoms with E-state index in [0.717, 1.165) is 24.2 Å². The Bertz CT molecular complexity index is 332. The molecule has 0 heterocycles. The van der Waals surface area contributed by atoms with Crippen LogP contribution >= 0.6 is 0 Å². The molecule has 0 radical (unpaired) electrons. The van der Waals surface area contributed by atoms with Gasteiger partial charge >= 0.3 is 5.97 Å². The monoisotopic (exact) mass is 221 g/mol. The van der Waals surface area contributed by atoms with E-state index in [2.05, 4.69) is 12.2 Å². The van der Waals surface area contributed by atoms with Crippen LogP contribution in [0.15, 0.2) is 24.3 Å². The van der Waals surface area contributed by atoms with Gasteiger partial charge in [-0.2, -0.15) is 0 Å². The van der Waals surface area contributed by atoms with Gasteiger partial charge in [0.25, 0.3) is 0 Å². The van der Waals surface area contributed by atoms with E-state index in [1.165, 1.54) is 6.42 Å². The summed E-state index contributed by atoms with van der Waals surface area (Å²) in [5.41, 5.74) is 1.89. The molecule has 1 aromatic rings. The molecule has 3 heteroatoms. The Labute approximate surface area is 96.5 Å². The lowest BCUT2D eigenvalue weighted by Crippen LogP contribution is -2.07. The summed E-state index contributed by atoms with van der Waals surface area (Å²) in [5.74, 6) is -1.23. The van der Waals surface area contributed by atoms with Gasteiger partial charge in [0.15, 0.2) is 0 Å². The van der Waals surface area contributed by atoms with E-state index in [1.807, 2.05) is 24.3 Å². The highest BCUT2D eigenvalue weighted by molar-refractivity contribution is 5.75. The Hall–Kier alpha value is -1.51. The maximum absolute atomic E-state index is 10.8. The molecule has 16 heavy (non-hydrogen) atoms. The average Bonchev–Trinajstić information content (AvgIpc) is 2.29. The summed E-state index contributed by atoms with van der Waals surface area (Å²) in [4.78, 5) is 10.8. The van der Waals surface area contributed by atoms with Crippen LogP contribution in [0.2, 0.25) is 0 Å². The first kappa shape index (κ1) is 12.6. The van der Waals surface area contributed by atoms with Crippen LogP contribution in [0.3, 0.4) is 0 Å². The molecule has 0 saturated carbocycles. The van der Waals surface area contributed by atoms with Gasteiger partial charge in [0, 0.05) is 12.2 Å². The lowest BCUT2D eigenvalue weighted by molar-refractivity contribution is -0.138. The highest BCUT2D eigenvalue weighted by Gasteiger charge is 2.12. The first-order valence-electron chi connectivity index (χ1n) is 5.71. The SMILES string of the molecule is CCCCNc1ccc(C(C)C(=O)O)cc1. The van der Waals surface area contributed by atoms with Crippen LogP contribution in [0.1, 0.15) is 38.2 Å². The molecule has 1 rings (SSSR count). The molecule has 0 aliphatic carbocycles. The van der Waals surface area contributed by atoms with Crippen LogP contribution in [0.4, 0.5) is 5.69 Å². The van der Waals surface area contributed by atoms with Gasteiger partial charge in [-0.15, -0.1) is 0 Å². The minimum atomic E-state index is -0.785. The van der Waals surface area contributed by atoms with Crippen LogP contribution < -0.4 is 5.32 Å². The second-order valence-electron chi connectivity index (χ2n) is 3.96. The number of hydrogen-bond acceptors (Lipinski definition) is 2. The molecule has 0 amide bonds. The third kappa shape index (κ3) is 3.57. The van der Waals surface area contributed by atoms with E-state index in [0.29, 0.717) is 0 Å². The zero-order valence-corrected chi connectivity index (χ0v) is 9.86. The van der Waals surface area contributed by atoms with Crippen molar-refractivity contribution in [1.29, 1.82) is 0 Å². The van der Waals surface area contributed by atoms with Crippen molar-refractivity contribution in [3.63, 3.8) is 0 Å². The third-order valence-corrected chi connectivity index (χ3v) is 2.64.